The van der Waals surface area contributed by atoms with Gasteiger partial charge < -0.3 is 10.6 Å². The van der Waals surface area contributed by atoms with Gasteiger partial charge in [0.25, 0.3) is 0 Å². The number of carbonyl (C=O) groups is 2. The van der Waals surface area contributed by atoms with Crippen LogP contribution in [0.3, 0.4) is 0 Å². The Kier molecular flexibility index (Phi) is 5.50. The van der Waals surface area contributed by atoms with Crippen LogP contribution in [0, 0.1) is 5.92 Å². The summed E-state index contributed by atoms with van der Waals surface area (Å²) in [6, 6.07) is -0.446. The molecule has 2 aliphatic rings. The number of hydrogen-bond acceptors (Lipinski definition) is 5. The van der Waals surface area contributed by atoms with Crippen molar-refractivity contribution in [2.24, 2.45) is 5.92 Å². The lowest BCUT2D eigenvalue weighted by Crippen LogP contribution is -2.47. The number of aromatic nitrogens is 1. The predicted octanol–water partition coefficient (Wildman–Crippen LogP) is 2.15. The first-order valence-electron chi connectivity index (χ1n) is 8.85. The molecule has 1 unspecified atom stereocenters. The van der Waals surface area contributed by atoms with Crippen LogP contribution in [0.15, 0.2) is 0 Å². The van der Waals surface area contributed by atoms with Crippen molar-refractivity contribution in [1.29, 1.82) is 0 Å². The summed E-state index contributed by atoms with van der Waals surface area (Å²) in [6.45, 7) is 6.60. The van der Waals surface area contributed by atoms with Gasteiger partial charge in [0.1, 0.15) is 6.04 Å². The molecule has 2 heterocycles. The van der Waals surface area contributed by atoms with Gasteiger partial charge in [-0.2, -0.15) is 0 Å². The van der Waals surface area contributed by atoms with Gasteiger partial charge in [-0.3, -0.25) is 14.5 Å². The Morgan fingerprint density at radius 2 is 2.12 bits per heavy atom. The van der Waals surface area contributed by atoms with Gasteiger partial charge in [-0.25, -0.2) is 4.98 Å². The Bertz CT molecular complexity index is 610. The highest BCUT2D eigenvalue weighted by atomic mass is 32.1. The highest BCUT2D eigenvalue weighted by molar-refractivity contribution is 7.15. The number of nitrogens with one attached hydrogen (secondary N) is 2. The van der Waals surface area contributed by atoms with Crippen molar-refractivity contribution in [1.82, 2.24) is 15.2 Å². The average molecular weight is 350 g/mol. The number of hydrogen-bond donors (Lipinski definition) is 2. The van der Waals surface area contributed by atoms with E-state index in [9.17, 15) is 9.59 Å². The predicted molar refractivity (Wildman–Crippen MR) is 95.0 cm³/mol. The number of anilines is 1. The maximum absolute atomic E-state index is 12.7. The second-order valence-electron chi connectivity index (χ2n) is 6.72. The number of fused-ring (bicyclic) bond motifs is 1. The van der Waals surface area contributed by atoms with E-state index < -0.39 is 6.04 Å². The number of likely N-dealkylation sites (N-methyl/N-ethyl adjacent to an activating group) is 1. The van der Waals surface area contributed by atoms with Crippen molar-refractivity contribution in [2.75, 3.05) is 18.4 Å². The highest BCUT2D eigenvalue weighted by Gasteiger charge is 2.32. The van der Waals surface area contributed by atoms with Crippen LogP contribution in [0.25, 0.3) is 0 Å². The van der Waals surface area contributed by atoms with Crippen LogP contribution >= 0.6 is 11.3 Å². The maximum atomic E-state index is 12.7. The smallest absolute Gasteiger partial charge is 0.249 e. The fourth-order valence-corrected chi connectivity index (χ4v) is 4.72. The van der Waals surface area contributed by atoms with Crippen molar-refractivity contribution >= 4 is 28.3 Å². The van der Waals surface area contributed by atoms with E-state index in [1.54, 1.807) is 11.3 Å². The first-order chi connectivity index (χ1) is 11.6. The third kappa shape index (κ3) is 3.95. The van der Waals surface area contributed by atoms with E-state index in [-0.39, 0.29) is 17.7 Å². The normalized spacial score (nSPS) is 19.8. The Morgan fingerprint density at radius 1 is 1.38 bits per heavy atom. The Hall–Kier alpha value is -1.47. The van der Waals surface area contributed by atoms with Crippen LogP contribution in [-0.2, 0) is 22.6 Å². The van der Waals surface area contributed by atoms with E-state index in [4.69, 9.17) is 0 Å². The SMILES string of the molecule is CCN1CCc2nc(NC(=O)C(NC(C)=O)C3CCCC3)sc2C1. The zero-order chi connectivity index (χ0) is 17.1. The molecule has 1 aromatic heterocycles. The van der Waals surface area contributed by atoms with E-state index in [2.05, 4.69) is 27.4 Å². The lowest BCUT2D eigenvalue weighted by atomic mass is 9.97. The molecule has 1 aliphatic carbocycles. The third-order valence-electron chi connectivity index (χ3n) is 5.00. The van der Waals surface area contributed by atoms with Gasteiger partial charge in [0, 0.05) is 31.3 Å². The minimum atomic E-state index is -0.446. The number of amides is 2. The standard InChI is InChI=1S/C17H26N4O2S/c1-3-21-9-8-13-14(10-21)24-17(19-13)20-16(23)15(18-11(2)22)12-6-4-5-7-12/h12,15H,3-10H2,1-2H3,(H,18,22)(H,19,20,23). The van der Waals surface area contributed by atoms with E-state index in [0.717, 1.165) is 57.4 Å². The molecule has 2 amide bonds. The summed E-state index contributed by atoms with van der Waals surface area (Å²) >= 11 is 1.56. The van der Waals surface area contributed by atoms with Crippen LogP contribution in [0.1, 0.15) is 50.1 Å². The summed E-state index contributed by atoms with van der Waals surface area (Å²) < 4.78 is 0. The molecule has 132 valence electrons. The largest absolute Gasteiger partial charge is 0.344 e. The topological polar surface area (TPSA) is 74.3 Å². The van der Waals surface area contributed by atoms with Crippen LogP contribution in [0.4, 0.5) is 5.13 Å². The van der Waals surface area contributed by atoms with Gasteiger partial charge in [0.2, 0.25) is 11.8 Å². The molecule has 1 fully saturated rings. The lowest BCUT2D eigenvalue weighted by Gasteiger charge is -2.23. The second-order valence-corrected chi connectivity index (χ2v) is 7.80. The van der Waals surface area contributed by atoms with E-state index in [1.165, 1.54) is 11.8 Å². The minimum absolute atomic E-state index is 0.129. The maximum Gasteiger partial charge on any atom is 0.249 e. The van der Waals surface area contributed by atoms with Crippen LogP contribution in [0.2, 0.25) is 0 Å². The van der Waals surface area contributed by atoms with E-state index >= 15 is 0 Å². The van der Waals surface area contributed by atoms with Crippen molar-refractivity contribution in [2.45, 2.75) is 58.5 Å². The molecule has 6 nitrogen and oxygen atoms in total. The van der Waals surface area contributed by atoms with Gasteiger partial charge in [0.05, 0.1) is 5.69 Å². The molecule has 2 N–H and O–H groups in total. The zero-order valence-electron chi connectivity index (χ0n) is 14.4. The molecule has 0 bridgehead atoms. The van der Waals surface area contributed by atoms with Crippen molar-refractivity contribution in [3.05, 3.63) is 10.6 Å². The lowest BCUT2D eigenvalue weighted by molar-refractivity contribution is -0.126. The first-order valence-corrected chi connectivity index (χ1v) is 9.67. The van der Waals surface area contributed by atoms with E-state index in [1.807, 2.05) is 0 Å². The van der Waals surface area contributed by atoms with E-state index in [0.29, 0.717) is 5.13 Å². The molecule has 7 heteroatoms. The van der Waals surface area contributed by atoms with Gasteiger partial charge in [-0.15, -0.1) is 11.3 Å². The fourth-order valence-electron chi connectivity index (χ4n) is 3.66. The summed E-state index contributed by atoms with van der Waals surface area (Å²) in [7, 11) is 0. The molecule has 0 radical (unpaired) electrons. The molecule has 0 spiro atoms. The molecule has 1 aromatic rings. The zero-order valence-corrected chi connectivity index (χ0v) is 15.2. The Labute approximate surface area is 147 Å². The highest BCUT2D eigenvalue weighted by Crippen LogP contribution is 2.31. The number of nitrogens with zero attached hydrogens (tertiary/aromatic N) is 2. The quantitative estimate of drug-likeness (QED) is 0.853. The molecule has 1 atom stereocenters. The molecular weight excluding hydrogens is 324 g/mol. The van der Waals surface area contributed by atoms with Crippen molar-refractivity contribution in [3.63, 3.8) is 0 Å². The Morgan fingerprint density at radius 3 is 2.79 bits per heavy atom. The average Bonchev–Trinajstić information content (AvgIpc) is 3.20. The van der Waals surface area contributed by atoms with Crippen molar-refractivity contribution < 1.29 is 9.59 Å². The summed E-state index contributed by atoms with van der Waals surface area (Å²) in [5, 5.41) is 6.45. The third-order valence-corrected chi connectivity index (χ3v) is 6.00. The molecule has 24 heavy (non-hydrogen) atoms. The van der Waals surface area contributed by atoms with Crippen LogP contribution < -0.4 is 10.6 Å². The molecule has 0 saturated heterocycles. The Balaban J connectivity index is 1.68. The molecular formula is C17H26N4O2S. The summed E-state index contributed by atoms with van der Waals surface area (Å²) in [5.41, 5.74) is 1.11. The molecule has 3 rings (SSSR count). The van der Waals surface area contributed by atoms with Crippen LogP contribution in [0.5, 0.6) is 0 Å². The first kappa shape index (κ1) is 17.4. The molecule has 1 saturated carbocycles. The van der Waals surface area contributed by atoms with Gasteiger partial charge in [-0.05, 0) is 25.3 Å². The fraction of sp³-hybridized carbons (Fsp3) is 0.706. The van der Waals surface area contributed by atoms with Gasteiger partial charge in [-0.1, -0.05) is 19.8 Å². The second kappa shape index (κ2) is 7.61. The summed E-state index contributed by atoms with van der Waals surface area (Å²) in [4.78, 5) is 32.4. The summed E-state index contributed by atoms with van der Waals surface area (Å²) in [5.74, 6) is -0.0475. The number of carbonyl (C=O) groups excluding carboxylic acids is 2. The minimum Gasteiger partial charge on any atom is -0.344 e. The number of thiazole rings is 1. The van der Waals surface area contributed by atoms with Gasteiger partial charge in [0.15, 0.2) is 5.13 Å². The number of rotatable bonds is 5. The van der Waals surface area contributed by atoms with Crippen LogP contribution in [-0.4, -0.2) is 40.8 Å². The van der Waals surface area contributed by atoms with Crippen molar-refractivity contribution in [3.8, 4) is 0 Å². The van der Waals surface area contributed by atoms with Gasteiger partial charge >= 0.3 is 0 Å². The molecule has 1 aliphatic heterocycles. The molecule has 0 aromatic carbocycles. The summed E-state index contributed by atoms with van der Waals surface area (Å²) in [6.07, 6.45) is 5.20. The monoisotopic (exact) mass is 350 g/mol.